The van der Waals surface area contributed by atoms with Crippen molar-refractivity contribution in [1.82, 2.24) is 10.1 Å². The Kier molecular flexibility index (Phi) is 6.18. The van der Waals surface area contributed by atoms with Crippen molar-refractivity contribution in [3.8, 4) is 22.8 Å². The molecule has 3 heterocycles. The molecule has 0 saturated carbocycles. The van der Waals surface area contributed by atoms with Crippen molar-refractivity contribution in [2.45, 2.75) is 6.42 Å². The first-order chi connectivity index (χ1) is 15.1. The third-order valence-corrected chi connectivity index (χ3v) is 5.06. The van der Waals surface area contributed by atoms with Crippen molar-refractivity contribution in [3.05, 3.63) is 27.8 Å². The number of carbonyl (C=O) groups excluding carboxylic acids is 1. The van der Waals surface area contributed by atoms with Gasteiger partial charge in [-0.15, -0.1) is 0 Å². The van der Waals surface area contributed by atoms with Gasteiger partial charge in [0.05, 0.1) is 31.3 Å². The number of rotatable bonds is 8. The number of fused-ring (bicyclic) bond motifs is 1. The Bertz CT molecular complexity index is 970. The summed E-state index contributed by atoms with van der Waals surface area (Å²) in [7, 11) is 1.22. The lowest BCUT2D eigenvalue weighted by atomic mass is 10.1. The summed E-state index contributed by atoms with van der Waals surface area (Å²) in [5.74, 6) is -0.0777. The van der Waals surface area contributed by atoms with Crippen molar-refractivity contribution in [2.75, 3.05) is 58.6 Å². The van der Waals surface area contributed by atoms with E-state index in [-0.39, 0.29) is 40.9 Å². The van der Waals surface area contributed by atoms with Gasteiger partial charge in [-0.25, -0.2) is 4.79 Å². The monoisotopic (exact) mass is 434 g/mol. The molecule has 12 nitrogen and oxygen atoms in total. The number of nitrogens with one attached hydrogen (secondary N) is 1. The normalized spacial score (nSPS) is 15.6. The molecule has 1 aromatic heterocycles. The number of nitrogens with zero attached hydrogens (tertiary/aromatic N) is 3. The van der Waals surface area contributed by atoms with Gasteiger partial charge in [0.25, 0.3) is 5.69 Å². The van der Waals surface area contributed by atoms with Gasteiger partial charge >= 0.3 is 5.97 Å². The Labute approximate surface area is 177 Å². The second-order valence-electron chi connectivity index (χ2n) is 6.94. The molecule has 0 unspecified atom stereocenters. The van der Waals surface area contributed by atoms with E-state index in [0.717, 1.165) is 39.3 Å². The van der Waals surface area contributed by atoms with Crippen molar-refractivity contribution in [1.29, 1.82) is 0 Å². The van der Waals surface area contributed by atoms with E-state index in [4.69, 9.17) is 23.5 Å². The summed E-state index contributed by atoms with van der Waals surface area (Å²) in [4.78, 5) is 25.8. The van der Waals surface area contributed by atoms with E-state index in [1.54, 1.807) is 0 Å². The number of methoxy groups -OCH3 is 1. The van der Waals surface area contributed by atoms with Crippen LogP contribution in [0.1, 0.15) is 16.8 Å². The molecule has 1 N–H and O–H groups in total. The molecular weight excluding hydrogens is 412 g/mol. The van der Waals surface area contributed by atoms with E-state index < -0.39 is 10.9 Å². The van der Waals surface area contributed by atoms with Crippen LogP contribution in [0.15, 0.2) is 16.7 Å². The van der Waals surface area contributed by atoms with Crippen molar-refractivity contribution in [2.24, 2.45) is 0 Å². The van der Waals surface area contributed by atoms with Crippen LogP contribution < -0.4 is 14.8 Å². The molecule has 0 atom stereocenters. The smallest absolute Gasteiger partial charge is 0.345 e. The van der Waals surface area contributed by atoms with E-state index in [9.17, 15) is 14.9 Å². The lowest BCUT2D eigenvalue weighted by molar-refractivity contribution is -0.384. The zero-order chi connectivity index (χ0) is 21.8. The first-order valence-corrected chi connectivity index (χ1v) is 9.79. The van der Waals surface area contributed by atoms with Gasteiger partial charge in [0, 0.05) is 25.7 Å². The first-order valence-electron chi connectivity index (χ1n) is 9.79. The maximum absolute atomic E-state index is 12.5. The standard InChI is InChI=1S/C19H22N4O8/c1-27-19(24)16-17(12-9-14-15(30-11-29-14)10-13(12)23(25)26)31-21-18(16)20-3-2-4-22-5-7-28-8-6-22/h9-10H,2-8,11H2,1H3,(H,20,21). The molecule has 12 heteroatoms. The fourth-order valence-electron chi connectivity index (χ4n) is 3.48. The minimum atomic E-state index is -0.723. The molecule has 2 aliphatic rings. The SMILES string of the molecule is COC(=O)c1c(NCCCN2CCOCC2)noc1-c1cc2c(cc1[N+](=O)[O-])OCO2. The number of nitro benzene ring substituents is 1. The Morgan fingerprint density at radius 1 is 1.29 bits per heavy atom. The number of hydrogen-bond donors (Lipinski definition) is 1. The van der Waals surface area contributed by atoms with Crippen LogP contribution in [0, 0.1) is 10.1 Å². The molecule has 0 amide bonds. The Hall–Kier alpha value is -3.38. The average Bonchev–Trinajstić information content (AvgIpc) is 3.42. The fourth-order valence-corrected chi connectivity index (χ4v) is 3.48. The predicted octanol–water partition coefficient (Wildman–Crippen LogP) is 1.90. The highest BCUT2D eigenvalue weighted by Crippen LogP contribution is 2.44. The van der Waals surface area contributed by atoms with Crippen LogP contribution in [-0.4, -0.2) is 74.2 Å². The highest BCUT2D eigenvalue weighted by atomic mass is 16.7. The number of morpholine rings is 1. The van der Waals surface area contributed by atoms with Crippen LogP contribution in [0.25, 0.3) is 11.3 Å². The van der Waals surface area contributed by atoms with Crippen LogP contribution >= 0.6 is 0 Å². The number of aromatic nitrogens is 1. The van der Waals surface area contributed by atoms with Crippen molar-refractivity contribution < 1.29 is 33.2 Å². The first kappa shape index (κ1) is 20.9. The topological polar surface area (TPSA) is 138 Å². The molecule has 0 spiro atoms. The summed E-state index contributed by atoms with van der Waals surface area (Å²) in [5.41, 5.74) is -0.274. The number of anilines is 1. The second kappa shape index (κ2) is 9.18. The lowest BCUT2D eigenvalue weighted by Crippen LogP contribution is -2.37. The maximum atomic E-state index is 12.5. The molecule has 2 aliphatic heterocycles. The third-order valence-electron chi connectivity index (χ3n) is 5.06. The molecular formula is C19H22N4O8. The Morgan fingerprint density at radius 3 is 2.74 bits per heavy atom. The summed E-state index contributed by atoms with van der Waals surface area (Å²) in [6.45, 7) is 4.55. The summed E-state index contributed by atoms with van der Waals surface area (Å²) in [5, 5.41) is 18.6. The molecule has 4 rings (SSSR count). The fraction of sp³-hybridized carbons (Fsp3) is 0.474. The number of ether oxygens (including phenoxy) is 4. The summed E-state index contributed by atoms with van der Waals surface area (Å²) < 4.78 is 26.1. The van der Waals surface area contributed by atoms with Crippen LogP contribution in [0.4, 0.5) is 11.5 Å². The zero-order valence-corrected chi connectivity index (χ0v) is 16.9. The summed E-state index contributed by atoms with van der Waals surface area (Å²) >= 11 is 0. The number of hydrogen-bond acceptors (Lipinski definition) is 11. The molecule has 1 fully saturated rings. The Morgan fingerprint density at radius 2 is 2.03 bits per heavy atom. The average molecular weight is 434 g/mol. The van der Waals surface area contributed by atoms with E-state index in [1.165, 1.54) is 19.2 Å². The summed E-state index contributed by atoms with van der Waals surface area (Å²) in [6.07, 6.45) is 0.799. The molecule has 0 aliphatic carbocycles. The van der Waals surface area contributed by atoms with Crippen LogP contribution in [0.3, 0.4) is 0 Å². The minimum Gasteiger partial charge on any atom is -0.465 e. The molecule has 1 aromatic carbocycles. The van der Waals surface area contributed by atoms with Gasteiger partial charge in [0.2, 0.25) is 6.79 Å². The van der Waals surface area contributed by atoms with Gasteiger partial charge < -0.3 is 28.8 Å². The molecule has 166 valence electrons. The minimum absolute atomic E-state index is 0.0177. The molecule has 1 saturated heterocycles. The number of nitro groups is 1. The number of carbonyl (C=O) groups is 1. The number of benzene rings is 1. The van der Waals surface area contributed by atoms with Crippen molar-refractivity contribution >= 4 is 17.5 Å². The highest BCUT2D eigenvalue weighted by Gasteiger charge is 2.32. The molecule has 0 bridgehead atoms. The van der Waals surface area contributed by atoms with Gasteiger partial charge in [-0.1, -0.05) is 5.16 Å². The maximum Gasteiger partial charge on any atom is 0.345 e. The third kappa shape index (κ3) is 4.39. The molecule has 0 radical (unpaired) electrons. The van der Waals surface area contributed by atoms with Gasteiger partial charge in [-0.3, -0.25) is 15.0 Å². The largest absolute Gasteiger partial charge is 0.465 e. The quantitative estimate of drug-likeness (QED) is 0.282. The molecule has 2 aromatic rings. The van der Waals surface area contributed by atoms with E-state index in [2.05, 4.69) is 15.4 Å². The van der Waals surface area contributed by atoms with Gasteiger partial charge in [0.1, 0.15) is 5.56 Å². The second-order valence-corrected chi connectivity index (χ2v) is 6.94. The van der Waals surface area contributed by atoms with Crippen LogP contribution in [0.5, 0.6) is 11.5 Å². The van der Waals surface area contributed by atoms with E-state index in [0.29, 0.717) is 12.3 Å². The highest BCUT2D eigenvalue weighted by molar-refractivity contribution is 6.01. The van der Waals surface area contributed by atoms with Crippen molar-refractivity contribution in [3.63, 3.8) is 0 Å². The van der Waals surface area contributed by atoms with Crippen LogP contribution in [-0.2, 0) is 9.47 Å². The van der Waals surface area contributed by atoms with Gasteiger partial charge in [-0.2, -0.15) is 0 Å². The Balaban J connectivity index is 1.57. The van der Waals surface area contributed by atoms with Crippen LogP contribution in [0.2, 0.25) is 0 Å². The molecule has 31 heavy (non-hydrogen) atoms. The van der Waals surface area contributed by atoms with E-state index >= 15 is 0 Å². The lowest BCUT2D eigenvalue weighted by Gasteiger charge is -2.26. The zero-order valence-electron chi connectivity index (χ0n) is 16.9. The summed E-state index contributed by atoms with van der Waals surface area (Å²) in [6, 6.07) is 2.63. The van der Waals surface area contributed by atoms with Gasteiger partial charge in [0.15, 0.2) is 28.6 Å². The van der Waals surface area contributed by atoms with Gasteiger partial charge in [-0.05, 0) is 13.0 Å². The predicted molar refractivity (Wildman–Crippen MR) is 106 cm³/mol. The number of esters is 1. The van der Waals surface area contributed by atoms with E-state index in [1.807, 2.05) is 0 Å².